The van der Waals surface area contributed by atoms with Gasteiger partial charge in [-0.2, -0.15) is 4.98 Å². The highest BCUT2D eigenvalue weighted by molar-refractivity contribution is 7.71. The van der Waals surface area contributed by atoms with Gasteiger partial charge in [-0.1, -0.05) is 0 Å². The number of nitrogens with one attached hydrogen (secondary N) is 2. The molecular formula is C11H16N6O2S. The Kier molecular flexibility index (Phi) is 4.18. The number of hydrogen-bond donors (Lipinski definition) is 2. The van der Waals surface area contributed by atoms with E-state index in [0.717, 1.165) is 0 Å². The van der Waals surface area contributed by atoms with Crippen LogP contribution in [0.25, 0.3) is 11.2 Å². The van der Waals surface area contributed by atoms with Crippen LogP contribution in [0.15, 0.2) is 6.33 Å². The number of aromatic nitrogens is 4. The van der Waals surface area contributed by atoms with Crippen LogP contribution in [0.2, 0.25) is 0 Å². The van der Waals surface area contributed by atoms with Gasteiger partial charge in [-0.25, -0.2) is 9.78 Å². The van der Waals surface area contributed by atoms with Crippen LogP contribution in [0, 0.1) is 4.77 Å². The minimum absolute atomic E-state index is 0.149. The molecule has 0 saturated carbocycles. The number of nitrogens with zero attached hydrogens (tertiary/aromatic N) is 4. The Bertz CT molecular complexity index is 677. The molecule has 0 radical (unpaired) electrons. The Labute approximate surface area is 120 Å². The van der Waals surface area contributed by atoms with Crippen molar-refractivity contribution in [3.05, 3.63) is 11.1 Å². The molecule has 20 heavy (non-hydrogen) atoms. The molecule has 2 aromatic heterocycles. The van der Waals surface area contributed by atoms with Crippen molar-refractivity contribution in [3.8, 4) is 5.88 Å². The summed E-state index contributed by atoms with van der Waals surface area (Å²) in [5.74, 6) is 0.442. The minimum atomic E-state index is -0.149. The SMILES string of the molecule is COc1ncnc2c1[nH]c(=S)n2CCNC(=O)N(C)C. The number of imidazole rings is 1. The van der Waals surface area contributed by atoms with E-state index in [1.165, 1.54) is 18.3 Å². The van der Waals surface area contributed by atoms with Crippen molar-refractivity contribution in [2.24, 2.45) is 0 Å². The van der Waals surface area contributed by atoms with E-state index in [0.29, 0.717) is 34.9 Å². The van der Waals surface area contributed by atoms with E-state index in [1.54, 1.807) is 18.7 Å². The molecule has 9 heteroatoms. The molecule has 2 amide bonds. The monoisotopic (exact) mass is 296 g/mol. The van der Waals surface area contributed by atoms with Crippen LogP contribution in [0.3, 0.4) is 0 Å². The molecule has 0 aliphatic carbocycles. The fourth-order valence-electron chi connectivity index (χ4n) is 1.74. The average molecular weight is 296 g/mol. The lowest BCUT2D eigenvalue weighted by atomic mass is 10.5. The van der Waals surface area contributed by atoms with Gasteiger partial charge in [0.15, 0.2) is 10.4 Å². The van der Waals surface area contributed by atoms with E-state index in [1.807, 2.05) is 0 Å². The third kappa shape index (κ3) is 2.72. The van der Waals surface area contributed by atoms with Crippen molar-refractivity contribution in [2.75, 3.05) is 27.7 Å². The maximum absolute atomic E-state index is 11.4. The molecule has 0 saturated heterocycles. The van der Waals surface area contributed by atoms with Gasteiger partial charge < -0.3 is 19.9 Å². The number of hydrogen-bond acceptors (Lipinski definition) is 5. The van der Waals surface area contributed by atoms with E-state index in [4.69, 9.17) is 17.0 Å². The Morgan fingerprint density at radius 3 is 2.95 bits per heavy atom. The number of carbonyl (C=O) groups is 1. The summed E-state index contributed by atoms with van der Waals surface area (Å²) < 4.78 is 7.46. The summed E-state index contributed by atoms with van der Waals surface area (Å²) in [7, 11) is 4.91. The Hall–Kier alpha value is -2.16. The zero-order chi connectivity index (χ0) is 14.7. The van der Waals surface area contributed by atoms with Crippen LogP contribution in [0.5, 0.6) is 5.88 Å². The number of aromatic amines is 1. The first-order chi connectivity index (χ1) is 9.54. The summed E-state index contributed by atoms with van der Waals surface area (Å²) >= 11 is 5.25. The number of H-pyrrole nitrogens is 1. The van der Waals surface area contributed by atoms with E-state index in [-0.39, 0.29) is 6.03 Å². The van der Waals surface area contributed by atoms with Crippen molar-refractivity contribution in [2.45, 2.75) is 6.54 Å². The highest BCUT2D eigenvalue weighted by Gasteiger charge is 2.11. The fourth-order valence-corrected chi connectivity index (χ4v) is 2.02. The molecule has 0 bridgehead atoms. The molecule has 0 unspecified atom stereocenters. The van der Waals surface area contributed by atoms with Gasteiger partial charge in [-0.05, 0) is 12.2 Å². The Morgan fingerprint density at radius 2 is 2.30 bits per heavy atom. The first-order valence-electron chi connectivity index (χ1n) is 5.97. The molecule has 2 aromatic rings. The van der Waals surface area contributed by atoms with E-state index >= 15 is 0 Å². The summed E-state index contributed by atoms with van der Waals surface area (Å²) in [5.41, 5.74) is 1.31. The predicted octanol–water partition coefficient (Wildman–Crippen LogP) is 0.769. The molecule has 2 heterocycles. The first kappa shape index (κ1) is 14.3. The van der Waals surface area contributed by atoms with Crippen LogP contribution in [0.1, 0.15) is 0 Å². The lowest BCUT2D eigenvalue weighted by molar-refractivity contribution is 0.217. The van der Waals surface area contributed by atoms with Crippen molar-refractivity contribution in [1.29, 1.82) is 0 Å². The van der Waals surface area contributed by atoms with Gasteiger partial charge in [0.1, 0.15) is 11.8 Å². The summed E-state index contributed by atoms with van der Waals surface area (Å²) in [4.78, 5) is 24.1. The zero-order valence-electron chi connectivity index (χ0n) is 11.5. The number of rotatable bonds is 4. The van der Waals surface area contributed by atoms with E-state index in [2.05, 4.69) is 20.3 Å². The average Bonchev–Trinajstić information content (AvgIpc) is 2.74. The largest absolute Gasteiger partial charge is 0.479 e. The molecule has 2 N–H and O–H groups in total. The predicted molar refractivity (Wildman–Crippen MR) is 76.4 cm³/mol. The first-order valence-corrected chi connectivity index (χ1v) is 6.38. The van der Waals surface area contributed by atoms with Gasteiger partial charge in [-0.3, -0.25) is 4.57 Å². The molecule has 0 aliphatic rings. The molecule has 108 valence electrons. The second-order valence-corrected chi connectivity index (χ2v) is 4.68. The normalized spacial score (nSPS) is 10.6. The second-order valence-electron chi connectivity index (χ2n) is 4.29. The zero-order valence-corrected chi connectivity index (χ0v) is 12.3. The highest BCUT2D eigenvalue weighted by Crippen LogP contribution is 2.19. The lowest BCUT2D eigenvalue weighted by Gasteiger charge is -2.12. The summed E-state index contributed by atoms with van der Waals surface area (Å²) in [6.45, 7) is 0.961. The summed E-state index contributed by atoms with van der Waals surface area (Å²) in [5, 5.41) is 2.77. The van der Waals surface area contributed by atoms with Gasteiger partial charge in [-0.15, -0.1) is 0 Å². The van der Waals surface area contributed by atoms with Gasteiger partial charge in [0, 0.05) is 27.2 Å². The number of methoxy groups -OCH3 is 1. The molecule has 2 rings (SSSR count). The lowest BCUT2D eigenvalue weighted by Crippen LogP contribution is -2.36. The smallest absolute Gasteiger partial charge is 0.316 e. The maximum Gasteiger partial charge on any atom is 0.316 e. The van der Waals surface area contributed by atoms with Crippen LogP contribution >= 0.6 is 12.2 Å². The molecule has 0 aliphatic heterocycles. The molecular weight excluding hydrogens is 280 g/mol. The highest BCUT2D eigenvalue weighted by atomic mass is 32.1. The molecule has 0 fully saturated rings. The van der Waals surface area contributed by atoms with Crippen molar-refractivity contribution < 1.29 is 9.53 Å². The molecule has 0 aromatic carbocycles. The van der Waals surface area contributed by atoms with Gasteiger partial charge in [0.25, 0.3) is 0 Å². The van der Waals surface area contributed by atoms with Crippen LogP contribution in [-0.2, 0) is 6.54 Å². The van der Waals surface area contributed by atoms with E-state index < -0.39 is 0 Å². The van der Waals surface area contributed by atoms with Crippen LogP contribution < -0.4 is 10.1 Å². The quantitative estimate of drug-likeness (QED) is 0.814. The van der Waals surface area contributed by atoms with Crippen LogP contribution in [-0.4, -0.2) is 58.2 Å². The molecule has 0 spiro atoms. The Balaban J connectivity index is 2.20. The summed E-state index contributed by atoms with van der Waals surface area (Å²) in [6, 6.07) is -0.149. The van der Waals surface area contributed by atoms with Crippen molar-refractivity contribution >= 4 is 29.4 Å². The number of amides is 2. The molecule has 8 nitrogen and oxygen atoms in total. The van der Waals surface area contributed by atoms with Crippen LogP contribution in [0.4, 0.5) is 4.79 Å². The number of urea groups is 1. The Morgan fingerprint density at radius 1 is 1.55 bits per heavy atom. The number of ether oxygens (including phenoxy) is 1. The topological polar surface area (TPSA) is 88.1 Å². The van der Waals surface area contributed by atoms with Gasteiger partial charge in [0.05, 0.1) is 7.11 Å². The third-order valence-corrected chi connectivity index (χ3v) is 3.06. The third-order valence-electron chi connectivity index (χ3n) is 2.74. The minimum Gasteiger partial charge on any atom is -0.479 e. The number of fused-ring (bicyclic) bond motifs is 1. The van der Waals surface area contributed by atoms with Crippen molar-refractivity contribution in [1.82, 2.24) is 29.7 Å². The molecule has 0 atom stereocenters. The van der Waals surface area contributed by atoms with Gasteiger partial charge >= 0.3 is 6.03 Å². The maximum atomic E-state index is 11.4. The standard InChI is InChI=1S/C11H16N6O2S/c1-16(2)10(18)12-4-5-17-8-7(15-11(17)20)9(19-3)14-6-13-8/h6H,4-5H2,1-3H3,(H,12,18)(H,15,20). The number of carbonyl (C=O) groups excluding carboxylic acids is 1. The fraction of sp³-hybridized carbons (Fsp3) is 0.455. The summed E-state index contributed by atoms with van der Waals surface area (Å²) in [6.07, 6.45) is 1.42. The van der Waals surface area contributed by atoms with Crippen molar-refractivity contribution in [3.63, 3.8) is 0 Å². The van der Waals surface area contributed by atoms with Gasteiger partial charge in [0.2, 0.25) is 5.88 Å². The van der Waals surface area contributed by atoms with E-state index in [9.17, 15) is 4.79 Å². The second kappa shape index (κ2) is 5.87.